The third-order valence-corrected chi connectivity index (χ3v) is 1.88. The zero-order valence-electron chi connectivity index (χ0n) is 7.78. The van der Waals surface area contributed by atoms with E-state index in [2.05, 4.69) is 4.42 Å². The van der Waals surface area contributed by atoms with Gasteiger partial charge in [-0.3, -0.25) is 0 Å². The van der Waals surface area contributed by atoms with Crippen molar-refractivity contribution < 1.29 is 35.9 Å². The number of halogens is 6. The SMILES string of the molecule is Cc1ccc(C(F)(C(O)(F)F)C(F)(F)F)o1. The number of alkyl halides is 6. The Balaban J connectivity index is 3.38. The predicted octanol–water partition coefficient (Wildman–Crippen LogP) is 2.90. The van der Waals surface area contributed by atoms with Crippen molar-refractivity contribution in [3.8, 4) is 0 Å². The predicted molar refractivity (Wildman–Crippen MR) is 39.5 cm³/mol. The van der Waals surface area contributed by atoms with Crippen LogP contribution in [0.25, 0.3) is 0 Å². The van der Waals surface area contributed by atoms with Gasteiger partial charge in [0.2, 0.25) is 0 Å². The molecule has 0 bridgehead atoms. The maximum atomic E-state index is 13.3. The summed E-state index contributed by atoms with van der Waals surface area (Å²) >= 11 is 0. The van der Waals surface area contributed by atoms with Crippen LogP contribution in [0.15, 0.2) is 16.5 Å². The van der Waals surface area contributed by atoms with Gasteiger partial charge in [0.05, 0.1) is 0 Å². The van der Waals surface area contributed by atoms with Crippen LogP contribution in [0.5, 0.6) is 0 Å². The molecule has 16 heavy (non-hydrogen) atoms. The number of aliphatic hydroxyl groups is 1. The Labute approximate surface area is 85.5 Å². The van der Waals surface area contributed by atoms with Gasteiger partial charge in [0.1, 0.15) is 5.76 Å². The van der Waals surface area contributed by atoms with Gasteiger partial charge in [-0.1, -0.05) is 0 Å². The van der Waals surface area contributed by atoms with E-state index in [1.807, 2.05) is 0 Å². The van der Waals surface area contributed by atoms with E-state index < -0.39 is 23.7 Å². The summed E-state index contributed by atoms with van der Waals surface area (Å²) in [5.74, 6) is -1.88. The van der Waals surface area contributed by atoms with Crippen LogP contribution in [0.4, 0.5) is 26.3 Å². The molecule has 0 saturated heterocycles. The van der Waals surface area contributed by atoms with Crippen LogP contribution in [0, 0.1) is 6.92 Å². The van der Waals surface area contributed by atoms with Gasteiger partial charge in [-0.15, -0.1) is 0 Å². The Bertz CT molecular complexity index is 361. The molecule has 1 atom stereocenters. The first-order valence-corrected chi connectivity index (χ1v) is 3.93. The second kappa shape index (κ2) is 3.41. The highest BCUT2D eigenvalue weighted by Crippen LogP contribution is 2.51. The minimum Gasteiger partial charge on any atom is -0.462 e. The lowest BCUT2D eigenvalue weighted by molar-refractivity contribution is -0.380. The summed E-state index contributed by atoms with van der Waals surface area (Å²) in [4.78, 5) is 0. The molecule has 1 rings (SSSR count). The monoisotopic (exact) mass is 248 g/mol. The highest BCUT2D eigenvalue weighted by molar-refractivity contribution is 5.18. The fourth-order valence-corrected chi connectivity index (χ4v) is 1.08. The third kappa shape index (κ3) is 1.77. The van der Waals surface area contributed by atoms with E-state index in [-0.39, 0.29) is 5.76 Å². The van der Waals surface area contributed by atoms with Crippen molar-refractivity contribution in [1.82, 2.24) is 0 Å². The molecule has 0 amide bonds. The number of furan rings is 1. The van der Waals surface area contributed by atoms with Gasteiger partial charge in [-0.25, -0.2) is 4.39 Å². The molecule has 0 aliphatic rings. The molecule has 1 unspecified atom stereocenters. The summed E-state index contributed by atoms with van der Waals surface area (Å²) in [5.41, 5.74) is -5.26. The molecule has 1 heterocycles. The average molecular weight is 248 g/mol. The van der Waals surface area contributed by atoms with E-state index in [9.17, 15) is 26.3 Å². The Hall–Kier alpha value is -1.18. The molecule has 1 N–H and O–H groups in total. The van der Waals surface area contributed by atoms with Crippen LogP contribution in [-0.2, 0) is 5.67 Å². The smallest absolute Gasteiger partial charge is 0.438 e. The number of hydrogen-bond donors (Lipinski definition) is 1. The number of rotatable bonds is 2. The number of aryl methyl sites for hydroxylation is 1. The Kier molecular flexibility index (Phi) is 2.74. The average Bonchev–Trinajstić information content (AvgIpc) is 2.46. The molecule has 1 aromatic rings. The summed E-state index contributed by atoms with van der Waals surface area (Å²) in [6.45, 7) is 1.15. The molecule has 0 aliphatic heterocycles. The zero-order valence-corrected chi connectivity index (χ0v) is 7.78. The van der Waals surface area contributed by atoms with Gasteiger partial charge in [0.25, 0.3) is 0 Å². The molecule has 0 aliphatic carbocycles. The molecular formula is C8H6F6O2. The largest absolute Gasteiger partial charge is 0.462 e. The van der Waals surface area contributed by atoms with E-state index in [0.29, 0.717) is 6.07 Å². The Morgan fingerprint density at radius 1 is 1.06 bits per heavy atom. The summed E-state index contributed by atoms with van der Waals surface area (Å²) < 4.78 is 78.9. The highest BCUT2D eigenvalue weighted by Gasteiger charge is 2.74. The summed E-state index contributed by atoms with van der Waals surface area (Å²) in [7, 11) is 0. The maximum absolute atomic E-state index is 13.3. The van der Waals surface area contributed by atoms with E-state index in [1.54, 1.807) is 0 Å². The standard InChI is InChI=1S/C8H6F6O2/c1-4-2-3-5(16-4)6(9,7(10,11)12)8(13,14)15/h2-3,15H,1H3. The summed E-state index contributed by atoms with van der Waals surface area (Å²) in [6.07, 6.45) is -11.6. The van der Waals surface area contributed by atoms with Crippen LogP contribution in [0.2, 0.25) is 0 Å². The molecular weight excluding hydrogens is 242 g/mol. The molecule has 0 aromatic carbocycles. The Morgan fingerprint density at radius 2 is 1.56 bits per heavy atom. The van der Waals surface area contributed by atoms with Crippen molar-refractivity contribution in [2.75, 3.05) is 0 Å². The Morgan fingerprint density at radius 3 is 1.81 bits per heavy atom. The van der Waals surface area contributed by atoms with Crippen molar-refractivity contribution in [3.63, 3.8) is 0 Å². The molecule has 8 heteroatoms. The van der Waals surface area contributed by atoms with Crippen LogP contribution in [0.3, 0.4) is 0 Å². The minimum atomic E-state index is -6.00. The van der Waals surface area contributed by atoms with Crippen LogP contribution < -0.4 is 0 Å². The molecule has 0 saturated carbocycles. The molecule has 0 radical (unpaired) electrons. The molecule has 1 aromatic heterocycles. The first kappa shape index (κ1) is 12.9. The second-order valence-corrected chi connectivity index (χ2v) is 3.11. The van der Waals surface area contributed by atoms with Crippen LogP contribution >= 0.6 is 0 Å². The van der Waals surface area contributed by atoms with E-state index in [1.165, 1.54) is 0 Å². The fourth-order valence-electron chi connectivity index (χ4n) is 1.08. The van der Waals surface area contributed by atoms with Crippen molar-refractivity contribution in [2.45, 2.75) is 24.9 Å². The van der Waals surface area contributed by atoms with Gasteiger partial charge in [-0.2, -0.15) is 22.0 Å². The van der Waals surface area contributed by atoms with Crippen molar-refractivity contribution >= 4 is 0 Å². The van der Waals surface area contributed by atoms with Gasteiger partial charge in [0, 0.05) is 0 Å². The van der Waals surface area contributed by atoms with Gasteiger partial charge < -0.3 is 9.52 Å². The molecule has 2 nitrogen and oxygen atoms in total. The molecule has 0 fully saturated rings. The lowest BCUT2D eigenvalue weighted by atomic mass is 10.0. The molecule has 0 spiro atoms. The summed E-state index contributed by atoms with van der Waals surface area (Å²) in [5, 5.41) is 8.05. The van der Waals surface area contributed by atoms with Gasteiger partial charge in [-0.05, 0) is 19.1 Å². The lowest BCUT2D eigenvalue weighted by Crippen LogP contribution is -2.52. The number of hydrogen-bond acceptors (Lipinski definition) is 2. The second-order valence-electron chi connectivity index (χ2n) is 3.11. The normalized spacial score (nSPS) is 17.2. The van der Waals surface area contributed by atoms with Crippen LogP contribution in [-0.4, -0.2) is 17.4 Å². The summed E-state index contributed by atoms with van der Waals surface area (Å²) in [6, 6.07) is 1.27. The topological polar surface area (TPSA) is 33.4 Å². The molecule has 92 valence electrons. The highest BCUT2D eigenvalue weighted by atomic mass is 19.4. The lowest BCUT2D eigenvalue weighted by Gasteiger charge is -2.29. The quantitative estimate of drug-likeness (QED) is 0.816. The van der Waals surface area contributed by atoms with Gasteiger partial charge in [0.15, 0.2) is 5.76 Å². The first-order valence-electron chi connectivity index (χ1n) is 3.93. The fraction of sp³-hybridized carbons (Fsp3) is 0.500. The first-order chi connectivity index (χ1) is 7.00. The van der Waals surface area contributed by atoms with E-state index >= 15 is 0 Å². The minimum absolute atomic E-state index is 0.189. The zero-order chi connectivity index (χ0) is 12.8. The van der Waals surface area contributed by atoms with E-state index in [4.69, 9.17) is 5.11 Å². The maximum Gasteiger partial charge on any atom is 0.438 e. The third-order valence-electron chi connectivity index (χ3n) is 1.88. The van der Waals surface area contributed by atoms with E-state index in [0.717, 1.165) is 13.0 Å². The van der Waals surface area contributed by atoms with Crippen LogP contribution in [0.1, 0.15) is 11.5 Å². The van der Waals surface area contributed by atoms with Crippen molar-refractivity contribution in [1.29, 1.82) is 0 Å². The van der Waals surface area contributed by atoms with Crippen molar-refractivity contribution in [2.24, 2.45) is 0 Å². The van der Waals surface area contributed by atoms with Crippen molar-refractivity contribution in [3.05, 3.63) is 23.7 Å². The van der Waals surface area contributed by atoms with Gasteiger partial charge >= 0.3 is 18.0 Å².